The Bertz CT molecular complexity index is 538. The highest BCUT2D eigenvalue weighted by Crippen LogP contribution is 2.07. The minimum absolute atomic E-state index is 0.0306. The fourth-order valence-electron chi connectivity index (χ4n) is 1.31. The topological polar surface area (TPSA) is 90.1 Å². The number of carboxylic acids is 1. The standard InChI is InChI=1S/C10H10N4O3/c1-17-4-7-2-9(12-5-11-7)14-3-8(10(15)16)13-6-14/h2-3,5-6H,4H2,1H3,(H,15,16). The van der Waals surface area contributed by atoms with Crippen molar-refractivity contribution in [3.63, 3.8) is 0 Å². The summed E-state index contributed by atoms with van der Waals surface area (Å²) < 4.78 is 6.47. The van der Waals surface area contributed by atoms with Crippen molar-refractivity contribution in [3.05, 3.63) is 36.3 Å². The van der Waals surface area contributed by atoms with Gasteiger partial charge in [-0.1, -0.05) is 0 Å². The maximum Gasteiger partial charge on any atom is 0.356 e. The van der Waals surface area contributed by atoms with Gasteiger partial charge in [0.1, 0.15) is 18.5 Å². The molecule has 0 aromatic carbocycles. The van der Waals surface area contributed by atoms with E-state index in [-0.39, 0.29) is 5.69 Å². The van der Waals surface area contributed by atoms with Gasteiger partial charge >= 0.3 is 5.97 Å². The number of ether oxygens (including phenoxy) is 1. The fourth-order valence-corrected chi connectivity index (χ4v) is 1.31. The van der Waals surface area contributed by atoms with Gasteiger partial charge in [-0.15, -0.1) is 0 Å². The van der Waals surface area contributed by atoms with Crippen LogP contribution in [-0.2, 0) is 11.3 Å². The monoisotopic (exact) mass is 234 g/mol. The Kier molecular flexibility index (Phi) is 3.10. The van der Waals surface area contributed by atoms with Gasteiger partial charge in [-0.25, -0.2) is 19.7 Å². The summed E-state index contributed by atoms with van der Waals surface area (Å²) in [5, 5.41) is 8.76. The highest BCUT2D eigenvalue weighted by Gasteiger charge is 2.08. The molecule has 2 aromatic heterocycles. The molecule has 0 bridgehead atoms. The molecule has 0 atom stereocenters. The predicted octanol–water partition coefficient (Wildman–Crippen LogP) is 0.507. The van der Waals surface area contributed by atoms with Gasteiger partial charge in [0.05, 0.1) is 12.3 Å². The Hall–Kier alpha value is -2.28. The van der Waals surface area contributed by atoms with Crippen LogP contribution in [0.2, 0.25) is 0 Å². The summed E-state index contributed by atoms with van der Waals surface area (Å²) in [5.74, 6) is -0.526. The zero-order chi connectivity index (χ0) is 12.3. The Balaban J connectivity index is 2.31. The van der Waals surface area contributed by atoms with E-state index in [9.17, 15) is 4.79 Å². The number of hydrogen-bond acceptors (Lipinski definition) is 5. The summed E-state index contributed by atoms with van der Waals surface area (Å²) in [5.41, 5.74) is 0.681. The minimum Gasteiger partial charge on any atom is -0.476 e. The molecule has 1 N–H and O–H groups in total. The Morgan fingerprint density at radius 2 is 2.29 bits per heavy atom. The number of carbonyl (C=O) groups is 1. The molecule has 17 heavy (non-hydrogen) atoms. The molecular formula is C10H10N4O3. The Morgan fingerprint density at radius 3 is 2.94 bits per heavy atom. The number of methoxy groups -OCH3 is 1. The predicted molar refractivity (Wildman–Crippen MR) is 56.8 cm³/mol. The third-order valence-electron chi connectivity index (χ3n) is 2.07. The van der Waals surface area contributed by atoms with Crippen LogP contribution < -0.4 is 0 Å². The zero-order valence-corrected chi connectivity index (χ0v) is 9.07. The van der Waals surface area contributed by atoms with Gasteiger partial charge in [-0.05, 0) is 0 Å². The number of imidazole rings is 1. The van der Waals surface area contributed by atoms with Gasteiger partial charge in [-0.2, -0.15) is 0 Å². The van der Waals surface area contributed by atoms with E-state index in [4.69, 9.17) is 9.84 Å². The van der Waals surface area contributed by atoms with E-state index in [1.54, 1.807) is 13.2 Å². The van der Waals surface area contributed by atoms with Crippen LogP contribution in [0.4, 0.5) is 0 Å². The Morgan fingerprint density at radius 1 is 1.47 bits per heavy atom. The summed E-state index contributed by atoms with van der Waals surface area (Å²) in [7, 11) is 1.57. The molecule has 0 aliphatic heterocycles. The van der Waals surface area contributed by atoms with Crippen molar-refractivity contribution < 1.29 is 14.6 Å². The van der Waals surface area contributed by atoms with Crippen LogP contribution in [0, 0.1) is 0 Å². The van der Waals surface area contributed by atoms with Gasteiger partial charge < -0.3 is 9.84 Å². The molecule has 0 amide bonds. The lowest BCUT2D eigenvalue weighted by molar-refractivity contribution is 0.0691. The van der Waals surface area contributed by atoms with Crippen molar-refractivity contribution in [1.82, 2.24) is 19.5 Å². The zero-order valence-electron chi connectivity index (χ0n) is 9.07. The van der Waals surface area contributed by atoms with Gasteiger partial charge in [-0.3, -0.25) is 4.57 Å². The summed E-state index contributed by atoms with van der Waals surface area (Å²) >= 11 is 0. The highest BCUT2D eigenvalue weighted by atomic mass is 16.5. The Labute approximate surface area is 96.7 Å². The van der Waals surface area contributed by atoms with E-state index in [2.05, 4.69) is 15.0 Å². The number of aromatic carboxylic acids is 1. The van der Waals surface area contributed by atoms with Crippen LogP contribution in [0.25, 0.3) is 5.82 Å². The van der Waals surface area contributed by atoms with Gasteiger partial charge in [0, 0.05) is 19.4 Å². The van der Waals surface area contributed by atoms with E-state index < -0.39 is 5.97 Å². The van der Waals surface area contributed by atoms with Gasteiger partial charge in [0.25, 0.3) is 0 Å². The van der Waals surface area contributed by atoms with E-state index >= 15 is 0 Å². The first kappa shape index (κ1) is 11.2. The maximum absolute atomic E-state index is 10.7. The smallest absolute Gasteiger partial charge is 0.356 e. The molecule has 0 spiro atoms. The number of hydrogen-bond donors (Lipinski definition) is 1. The van der Waals surface area contributed by atoms with E-state index in [1.165, 1.54) is 23.4 Å². The molecule has 2 aromatic rings. The molecule has 0 saturated carbocycles. The summed E-state index contributed by atoms with van der Waals surface area (Å²) in [4.78, 5) is 22.5. The summed E-state index contributed by atoms with van der Waals surface area (Å²) in [6, 6.07) is 1.71. The lowest BCUT2D eigenvalue weighted by Gasteiger charge is -2.02. The molecule has 2 heterocycles. The summed E-state index contributed by atoms with van der Waals surface area (Å²) in [6.07, 6.45) is 4.17. The lowest BCUT2D eigenvalue weighted by Crippen LogP contribution is -2.00. The number of nitrogens with zero attached hydrogens (tertiary/aromatic N) is 4. The molecule has 7 nitrogen and oxygen atoms in total. The molecule has 88 valence electrons. The quantitative estimate of drug-likeness (QED) is 0.828. The van der Waals surface area contributed by atoms with Crippen LogP contribution >= 0.6 is 0 Å². The molecule has 2 rings (SSSR count). The summed E-state index contributed by atoms with van der Waals surface area (Å²) in [6.45, 7) is 0.371. The van der Waals surface area contributed by atoms with E-state index in [0.717, 1.165) is 0 Å². The highest BCUT2D eigenvalue weighted by molar-refractivity contribution is 5.85. The fraction of sp³-hybridized carbons (Fsp3) is 0.200. The van der Waals surface area contributed by atoms with Crippen molar-refractivity contribution >= 4 is 5.97 Å². The molecule has 0 aliphatic carbocycles. The molecular weight excluding hydrogens is 224 g/mol. The van der Waals surface area contributed by atoms with Gasteiger partial charge in [0.15, 0.2) is 5.69 Å². The largest absolute Gasteiger partial charge is 0.476 e. The second-order valence-corrected chi connectivity index (χ2v) is 3.27. The third-order valence-corrected chi connectivity index (χ3v) is 2.07. The first-order valence-corrected chi connectivity index (χ1v) is 4.78. The van der Waals surface area contributed by atoms with Crippen molar-refractivity contribution in [2.75, 3.05) is 7.11 Å². The lowest BCUT2D eigenvalue weighted by atomic mass is 10.4. The van der Waals surface area contributed by atoms with Crippen molar-refractivity contribution in [1.29, 1.82) is 0 Å². The molecule has 0 radical (unpaired) electrons. The van der Waals surface area contributed by atoms with Crippen molar-refractivity contribution in [3.8, 4) is 5.82 Å². The molecule has 0 aliphatic rings. The molecule has 0 fully saturated rings. The van der Waals surface area contributed by atoms with Crippen LogP contribution in [-0.4, -0.2) is 37.7 Å². The molecule has 7 heteroatoms. The van der Waals surface area contributed by atoms with Crippen LogP contribution in [0.1, 0.15) is 16.2 Å². The van der Waals surface area contributed by atoms with Crippen LogP contribution in [0.5, 0.6) is 0 Å². The van der Waals surface area contributed by atoms with E-state index in [0.29, 0.717) is 18.1 Å². The number of carboxylic acid groups (broad SMARTS) is 1. The van der Waals surface area contributed by atoms with E-state index in [1.807, 2.05) is 0 Å². The van der Waals surface area contributed by atoms with Gasteiger partial charge in [0.2, 0.25) is 0 Å². The number of aromatic nitrogens is 4. The second kappa shape index (κ2) is 4.71. The molecule has 0 unspecified atom stereocenters. The number of rotatable bonds is 4. The molecule has 0 saturated heterocycles. The first-order valence-electron chi connectivity index (χ1n) is 4.78. The normalized spacial score (nSPS) is 10.4. The third kappa shape index (κ3) is 2.45. The average molecular weight is 234 g/mol. The second-order valence-electron chi connectivity index (χ2n) is 3.27. The van der Waals surface area contributed by atoms with Crippen LogP contribution in [0.15, 0.2) is 24.9 Å². The van der Waals surface area contributed by atoms with Crippen LogP contribution in [0.3, 0.4) is 0 Å². The van der Waals surface area contributed by atoms with Crippen molar-refractivity contribution in [2.24, 2.45) is 0 Å². The van der Waals surface area contributed by atoms with Crippen molar-refractivity contribution in [2.45, 2.75) is 6.61 Å². The maximum atomic E-state index is 10.7. The minimum atomic E-state index is -1.07. The first-order chi connectivity index (χ1) is 8.20. The SMILES string of the molecule is COCc1cc(-n2cnc(C(=O)O)c2)ncn1. The average Bonchev–Trinajstić information content (AvgIpc) is 2.79.